The SMILES string of the molecule is CC[C@@H](C(=O)NCC(C)C)N(Cc1ccc(OC)cc1)C(=O)CN(c1cccc(Br)c1)S(=O)(=O)c1ccc(C)cc1. The van der Waals surface area contributed by atoms with Crippen LogP contribution in [0.2, 0.25) is 0 Å². The van der Waals surface area contributed by atoms with E-state index in [4.69, 9.17) is 4.74 Å². The normalized spacial score (nSPS) is 12.1. The molecular weight excluding hydrogens is 606 g/mol. The summed E-state index contributed by atoms with van der Waals surface area (Å²) >= 11 is 3.42. The van der Waals surface area contributed by atoms with Gasteiger partial charge in [-0.3, -0.25) is 13.9 Å². The van der Waals surface area contributed by atoms with Gasteiger partial charge in [-0.1, -0.05) is 72.6 Å². The van der Waals surface area contributed by atoms with Crippen molar-refractivity contribution in [3.63, 3.8) is 0 Å². The van der Waals surface area contributed by atoms with E-state index in [-0.39, 0.29) is 23.3 Å². The van der Waals surface area contributed by atoms with Gasteiger partial charge in [0.15, 0.2) is 0 Å². The molecule has 3 aromatic rings. The number of carbonyl (C=O) groups is 2. The zero-order chi connectivity index (χ0) is 30.2. The average Bonchev–Trinajstić information content (AvgIpc) is 2.95. The van der Waals surface area contributed by atoms with Crippen LogP contribution in [0.3, 0.4) is 0 Å². The minimum absolute atomic E-state index is 0.0688. The van der Waals surface area contributed by atoms with Crippen molar-refractivity contribution in [3.8, 4) is 5.75 Å². The molecule has 0 spiro atoms. The highest BCUT2D eigenvalue weighted by Crippen LogP contribution is 2.27. The molecule has 0 aliphatic rings. The van der Waals surface area contributed by atoms with Crippen LogP contribution in [-0.2, 0) is 26.2 Å². The first kappa shape index (κ1) is 32.1. The van der Waals surface area contributed by atoms with Crippen LogP contribution in [0.15, 0.2) is 82.2 Å². The minimum atomic E-state index is -4.12. The fraction of sp³-hybridized carbons (Fsp3) is 0.355. The fourth-order valence-corrected chi connectivity index (χ4v) is 6.06. The molecule has 0 saturated carbocycles. The Hall–Kier alpha value is -3.37. The van der Waals surface area contributed by atoms with Crippen LogP contribution in [0.5, 0.6) is 5.75 Å². The lowest BCUT2D eigenvalue weighted by Crippen LogP contribution is -2.52. The number of halogens is 1. The first-order valence-corrected chi connectivity index (χ1v) is 15.7. The topological polar surface area (TPSA) is 96.0 Å². The van der Waals surface area contributed by atoms with Gasteiger partial charge in [0.1, 0.15) is 18.3 Å². The third kappa shape index (κ3) is 8.56. The zero-order valence-corrected chi connectivity index (χ0v) is 26.5. The highest BCUT2D eigenvalue weighted by atomic mass is 79.9. The molecule has 1 N–H and O–H groups in total. The lowest BCUT2D eigenvalue weighted by atomic mass is 10.1. The smallest absolute Gasteiger partial charge is 0.264 e. The molecule has 0 bridgehead atoms. The summed E-state index contributed by atoms with van der Waals surface area (Å²) in [6.45, 7) is 7.79. The van der Waals surface area contributed by atoms with E-state index in [1.807, 2.05) is 39.8 Å². The maximum Gasteiger partial charge on any atom is 0.264 e. The van der Waals surface area contributed by atoms with E-state index in [1.54, 1.807) is 55.6 Å². The highest BCUT2D eigenvalue weighted by Gasteiger charge is 2.33. The summed E-state index contributed by atoms with van der Waals surface area (Å²) < 4.78 is 34.9. The molecule has 0 heterocycles. The van der Waals surface area contributed by atoms with Crippen LogP contribution < -0.4 is 14.4 Å². The highest BCUT2D eigenvalue weighted by molar-refractivity contribution is 9.10. The standard InChI is InChI=1S/C31H38BrN3O5S/c1-6-29(31(37)33-19-22(2)3)34(20-24-12-14-27(40-5)15-13-24)30(36)21-35(26-9-7-8-25(32)18-26)41(38,39)28-16-10-23(4)11-17-28/h7-18,22,29H,6,19-21H2,1-5H3,(H,33,37)/t29-/m0/s1. The van der Waals surface area contributed by atoms with Crippen molar-refractivity contribution in [1.29, 1.82) is 0 Å². The van der Waals surface area contributed by atoms with Crippen molar-refractivity contribution < 1.29 is 22.7 Å². The van der Waals surface area contributed by atoms with Crippen LogP contribution in [-0.4, -0.2) is 51.4 Å². The van der Waals surface area contributed by atoms with Crippen molar-refractivity contribution in [2.24, 2.45) is 5.92 Å². The molecule has 1 atom stereocenters. The summed E-state index contributed by atoms with van der Waals surface area (Å²) in [5.74, 6) is 0.119. The molecule has 0 aliphatic carbocycles. The summed E-state index contributed by atoms with van der Waals surface area (Å²) in [7, 11) is -2.55. The maximum atomic E-state index is 14.1. The molecule has 0 radical (unpaired) electrons. The number of rotatable bonds is 13. The minimum Gasteiger partial charge on any atom is -0.497 e. The van der Waals surface area contributed by atoms with Crippen LogP contribution in [0.25, 0.3) is 0 Å². The Bertz CT molecular complexity index is 1430. The van der Waals surface area contributed by atoms with Crippen molar-refractivity contribution in [3.05, 3.63) is 88.4 Å². The van der Waals surface area contributed by atoms with E-state index in [1.165, 1.54) is 17.0 Å². The van der Waals surface area contributed by atoms with E-state index in [0.717, 1.165) is 15.4 Å². The number of ether oxygens (including phenoxy) is 1. The molecule has 0 aliphatic heterocycles. The summed E-state index contributed by atoms with van der Waals surface area (Å²) in [5.41, 5.74) is 2.03. The number of hydrogen-bond acceptors (Lipinski definition) is 5. The van der Waals surface area contributed by atoms with Gasteiger partial charge >= 0.3 is 0 Å². The van der Waals surface area contributed by atoms with Crippen LogP contribution in [0.4, 0.5) is 5.69 Å². The lowest BCUT2D eigenvalue weighted by Gasteiger charge is -2.33. The number of anilines is 1. The third-order valence-electron chi connectivity index (χ3n) is 6.57. The van der Waals surface area contributed by atoms with Gasteiger partial charge in [0.2, 0.25) is 11.8 Å². The summed E-state index contributed by atoms with van der Waals surface area (Å²) in [6, 6.07) is 19.7. The van der Waals surface area contributed by atoms with Crippen LogP contribution in [0.1, 0.15) is 38.3 Å². The van der Waals surface area contributed by atoms with E-state index >= 15 is 0 Å². The number of nitrogens with zero attached hydrogens (tertiary/aromatic N) is 2. The number of carbonyl (C=O) groups excluding carboxylic acids is 2. The molecular formula is C31H38BrN3O5S. The predicted molar refractivity (Wildman–Crippen MR) is 165 cm³/mol. The monoisotopic (exact) mass is 643 g/mol. The Morgan fingerprint density at radius 1 is 1.00 bits per heavy atom. The van der Waals surface area contributed by atoms with E-state index in [9.17, 15) is 18.0 Å². The first-order valence-electron chi connectivity index (χ1n) is 13.5. The third-order valence-corrected chi connectivity index (χ3v) is 8.85. The molecule has 0 saturated heterocycles. The van der Waals surface area contributed by atoms with Gasteiger partial charge in [0.05, 0.1) is 17.7 Å². The van der Waals surface area contributed by atoms with Gasteiger partial charge in [0.25, 0.3) is 10.0 Å². The number of hydrogen-bond donors (Lipinski definition) is 1. The number of sulfonamides is 1. The largest absolute Gasteiger partial charge is 0.497 e. The Balaban J connectivity index is 2.04. The lowest BCUT2D eigenvalue weighted by molar-refractivity contribution is -0.140. The Morgan fingerprint density at radius 2 is 1.66 bits per heavy atom. The second-order valence-corrected chi connectivity index (χ2v) is 13.0. The maximum absolute atomic E-state index is 14.1. The molecule has 3 rings (SSSR count). The number of nitrogens with one attached hydrogen (secondary N) is 1. The molecule has 0 unspecified atom stereocenters. The second kappa shape index (κ2) is 14.5. The van der Waals surface area contributed by atoms with Crippen molar-refractivity contribution >= 4 is 43.5 Å². The Labute approximate surface area is 251 Å². The number of methoxy groups -OCH3 is 1. The molecule has 2 amide bonds. The summed E-state index contributed by atoms with van der Waals surface area (Å²) in [6.07, 6.45) is 0.355. The van der Waals surface area contributed by atoms with Gasteiger partial charge in [-0.25, -0.2) is 8.42 Å². The van der Waals surface area contributed by atoms with Gasteiger partial charge in [-0.2, -0.15) is 0 Å². The van der Waals surface area contributed by atoms with Crippen molar-refractivity contribution in [2.45, 2.75) is 51.6 Å². The van der Waals surface area contributed by atoms with E-state index < -0.39 is 28.5 Å². The molecule has 0 fully saturated rings. The Morgan fingerprint density at radius 3 is 2.22 bits per heavy atom. The molecule has 41 heavy (non-hydrogen) atoms. The van der Waals surface area contributed by atoms with Crippen LogP contribution >= 0.6 is 15.9 Å². The molecule has 220 valence electrons. The van der Waals surface area contributed by atoms with Crippen molar-refractivity contribution in [2.75, 3.05) is 24.5 Å². The number of amides is 2. The van der Waals surface area contributed by atoms with E-state index in [2.05, 4.69) is 21.2 Å². The first-order chi connectivity index (χ1) is 19.5. The van der Waals surface area contributed by atoms with Crippen molar-refractivity contribution in [1.82, 2.24) is 10.2 Å². The van der Waals surface area contributed by atoms with Crippen LogP contribution in [0, 0.1) is 12.8 Å². The molecule has 3 aromatic carbocycles. The van der Waals surface area contributed by atoms with Gasteiger partial charge in [-0.15, -0.1) is 0 Å². The average molecular weight is 645 g/mol. The number of benzene rings is 3. The number of aryl methyl sites for hydroxylation is 1. The second-order valence-electron chi connectivity index (χ2n) is 10.2. The summed E-state index contributed by atoms with van der Waals surface area (Å²) in [5, 5.41) is 2.94. The quantitative estimate of drug-likeness (QED) is 0.264. The van der Waals surface area contributed by atoms with Gasteiger partial charge in [0, 0.05) is 17.6 Å². The van der Waals surface area contributed by atoms with E-state index in [0.29, 0.717) is 28.9 Å². The predicted octanol–water partition coefficient (Wildman–Crippen LogP) is 5.54. The summed E-state index contributed by atoms with van der Waals surface area (Å²) in [4.78, 5) is 29.0. The Kier molecular flexibility index (Phi) is 11.4. The molecule has 8 nitrogen and oxygen atoms in total. The zero-order valence-electron chi connectivity index (χ0n) is 24.1. The fourth-order valence-electron chi connectivity index (χ4n) is 4.27. The van der Waals surface area contributed by atoms with Gasteiger partial charge < -0.3 is 15.0 Å². The molecule has 0 aromatic heterocycles. The van der Waals surface area contributed by atoms with Gasteiger partial charge in [-0.05, 0) is 67.3 Å². The molecule has 10 heteroatoms.